The van der Waals surface area contributed by atoms with E-state index in [0.29, 0.717) is 0 Å². The number of aromatic amines is 1. The number of nitrogens with zero attached hydrogens (tertiary/aromatic N) is 1. The monoisotopic (exact) mass is 197 g/mol. The molecular weight excluding hydrogens is 178 g/mol. The summed E-state index contributed by atoms with van der Waals surface area (Å²) in [4.78, 5) is 0. The molecule has 0 aliphatic rings. The summed E-state index contributed by atoms with van der Waals surface area (Å²) in [5.41, 5.74) is 2.22. The number of H-pyrrole nitrogens is 1. The Morgan fingerprint density at radius 2 is 2.29 bits per heavy atom. The van der Waals surface area contributed by atoms with E-state index < -0.39 is 0 Å². The highest BCUT2D eigenvalue weighted by atomic mass is 16.3. The maximum Gasteiger partial charge on any atom is 0.0535 e. The Morgan fingerprint density at radius 1 is 1.57 bits per heavy atom. The normalized spacial score (nSPS) is 12.0. The van der Waals surface area contributed by atoms with Crippen molar-refractivity contribution in [1.29, 1.82) is 0 Å². The van der Waals surface area contributed by atoms with E-state index in [-0.39, 0.29) is 12.0 Å². The molecule has 0 bridgehead atoms. The van der Waals surface area contributed by atoms with Gasteiger partial charge in [0.05, 0.1) is 6.20 Å². The molecule has 14 heavy (non-hydrogen) atoms. The van der Waals surface area contributed by atoms with Crippen molar-refractivity contribution in [2.75, 3.05) is 13.2 Å². The second-order valence-electron chi connectivity index (χ2n) is 4.45. The highest BCUT2D eigenvalue weighted by Gasteiger charge is 2.15. The van der Waals surface area contributed by atoms with E-state index in [1.54, 1.807) is 0 Å². The van der Waals surface area contributed by atoms with Crippen LogP contribution in [0.2, 0.25) is 0 Å². The van der Waals surface area contributed by atoms with Crippen molar-refractivity contribution in [2.24, 2.45) is 5.41 Å². The third kappa shape index (κ3) is 3.12. The van der Waals surface area contributed by atoms with Gasteiger partial charge in [-0.15, -0.1) is 0 Å². The molecule has 1 heterocycles. The summed E-state index contributed by atoms with van der Waals surface area (Å²) in [6, 6.07) is 0. The lowest BCUT2D eigenvalue weighted by Gasteiger charge is -2.21. The zero-order chi connectivity index (χ0) is 10.6. The molecule has 0 radical (unpaired) electrons. The summed E-state index contributed by atoms with van der Waals surface area (Å²) >= 11 is 0. The van der Waals surface area contributed by atoms with Crippen LogP contribution in [0.4, 0.5) is 0 Å². The Morgan fingerprint density at radius 3 is 2.79 bits per heavy atom. The molecule has 80 valence electrons. The second kappa shape index (κ2) is 4.57. The number of aliphatic hydroxyl groups excluding tert-OH is 1. The summed E-state index contributed by atoms with van der Waals surface area (Å²) in [6.07, 6.45) is 1.83. The quantitative estimate of drug-likeness (QED) is 0.655. The van der Waals surface area contributed by atoms with Gasteiger partial charge in [-0.1, -0.05) is 13.8 Å². The maximum absolute atomic E-state index is 9.05. The minimum absolute atomic E-state index is 0.0579. The second-order valence-corrected chi connectivity index (χ2v) is 4.45. The fourth-order valence-electron chi connectivity index (χ4n) is 1.15. The van der Waals surface area contributed by atoms with Crippen LogP contribution in [-0.4, -0.2) is 28.5 Å². The lowest BCUT2D eigenvalue weighted by Crippen LogP contribution is -2.31. The third-order valence-corrected chi connectivity index (χ3v) is 2.28. The molecule has 0 spiro atoms. The van der Waals surface area contributed by atoms with Gasteiger partial charge in [-0.05, 0) is 6.92 Å². The molecule has 3 N–H and O–H groups in total. The van der Waals surface area contributed by atoms with Gasteiger partial charge in [0.1, 0.15) is 0 Å². The first-order chi connectivity index (χ1) is 6.55. The van der Waals surface area contributed by atoms with Gasteiger partial charge in [0.25, 0.3) is 0 Å². The molecule has 0 amide bonds. The molecule has 1 aromatic rings. The molecule has 0 saturated carbocycles. The molecule has 0 fully saturated rings. The lowest BCUT2D eigenvalue weighted by molar-refractivity contribution is 0.156. The first-order valence-corrected chi connectivity index (χ1v) is 4.85. The molecule has 0 aliphatic heterocycles. The molecule has 0 aromatic carbocycles. The highest BCUT2D eigenvalue weighted by molar-refractivity contribution is 5.13. The Hall–Kier alpha value is -0.870. The summed E-state index contributed by atoms with van der Waals surface area (Å²) in [5, 5.41) is 19.2. The average Bonchev–Trinajstić information content (AvgIpc) is 2.52. The topological polar surface area (TPSA) is 60.9 Å². The SMILES string of the molecule is Cc1[nH]ncc1CNCC(C)(C)CO. The van der Waals surface area contributed by atoms with E-state index in [1.165, 1.54) is 5.56 Å². The van der Waals surface area contributed by atoms with Crippen LogP contribution in [0.25, 0.3) is 0 Å². The van der Waals surface area contributed by atoms with Gasteiger partial charge in [-0.25, -0.2) is 0 Å². The summed E-state index contributed by atoms with van der Waals surface area (Å²) in [7, 11) is 0. The molecular formula is C10H19N3O. The molecule has 1 rings (SSSR count). The van der Waals surface area contributed by atoms with Gasteiger partial charge in [0, 0.05) is 36.4 Å². The maximum atomic E-state index is 9.05. The van der Waals surface area contributed by atoms with Crippen LogP contribution >= 0.6 is 0 Å². The van der Waals surface area contributed by atoms with Crippen molar-refractivity contribution in [2.45, 2.75) is 27.3 Å². The highest BCUT2D eigenvalue weighted by Crippen LogP contribution is 2.11. The Kier molecular flexibility index (Phi) is 3.66. The van der Waals surface area contributed by atoms with E-state index in [4.69, 9.17) is 5.11 Å². The van der Waals surface area contributed by atoms with Gasteiger partial charge >= 0.3 is 0 Å². The fourth-order valence-corrected chi connectivity index (χ4v) is 1.15. The molecule has 4 nitrogen and oxygen atoms in total. The molecule has 1 aromatic heterocycles. The molecule has 0 atom stereocenters. The van der Waals surface area contributed by atoms with Crippen LogP contribution in [-0.2, 0) is 6.54 Å². The minimum Gasteiger partial charge on any atom is -0.396 e. The van der Waals surface area contributed by atoms with E-state index in [2.05, 4.69) is 15.5 Å². The number of aromatic nitrogens is 2. The number of aliphatic hydroxyl groups is 1. The van der Waals surface area contributed by atoms with Crippen LogP contribution in [0.1, 0.15) is 25.1 Å². The minimum atomic E-state index is -0.0579. The predicted octanol–water partition coefficient (Wildman–Crippen LogP) is 0.826. The number of rotatable bonds is 5. The first kappa shape index (κ1) is 11.2. The fraction of sp³-hybridized carbons (Fsp3) is 0.700. The van der Waals surface area contributed by atoms with Gasteiger partial charge < -0.3 is 10.4 Å². The van der Waals surface area contributed by atoms with Crippen molar-refractivity contribution in [1.82, 2.24) is 15.5 Å². The van der Waals surface area contributed by atoms with Crippen molar-refractivity contribution in [3.63, 3.8) is 0 Å². The lowest BCUT2D eigenvalue weighted by atomic mass is 9.95. The van der Waals surface area contributed by atoms with Gasteiger partial charge in [-0.3, -0.25) is 5.10 Å². The largest absolute Gasteiger partial charge is 0.396 e. The van der Waals surface area contributed by atoms with Gasteiger partial charge in [-0.2, -0.15) is 5.10 Å². The zero-order valence-electron chi connectivity index (χ0n) is 9.09. The summed E-state index contributed by atoms with van der Waals surface area (Å²) in [5.74, 6) is 0. The number of hydrogen-bond acceptors (Lipinski definition) is 3. The number of aryl methyl sites for hydroxylation is 1. The van der Waals surface area contributed by atoms with E-state index in [9.17, 15) is 0 Å². The molecule has 0 saturated heterocycles. The first-order valence-electron chi connectivity index (χ1n) is 4.85. The van der Waals surface area contributed by atoms with Crippen molar-refractivity contribution in [3.05, 3.63) is 17.5 Å². The van der Waals surface area contributed by atoms with E-state index >= 15 is 0 Å². The molecule has 0 aliphatic carbocycles. The van der Waals surface area contributed by atoms with Gasteiger partial charge in [0.15, 0.2) is 0 Å². The predicted molar refractivity (Wildman–Crippen MR) is 55.9 cm³/mol. The Bertz CT molecular complexity index is 281. The van der Waals surface area contributed by atoms with Crippen LogP contribution < -0.4 is 5.32 Å². The van der Waals surface area contributed by atoms with Crippen molar-refractivity contribution in [3.8, 4) is 0 Å². The standard InChI is InChI=1S/C10H19N3O/c1-8-9(5-12-13-8)4-11-6-10(2,3)7-14/h5,11,14H,4,6-7H2,1-3H3,(H,12,13). The Balaban J connectivity index is 2.32. The third-order valence-electron chi connectivity index (χ3n) is 2.28. The van der Waals surface area contributed by atoms with Gasteiger partial charge in [0.2, 0.25) is 0 Å². The van der Waals surface area contributed by atoms with Crippen LogP contribution in [0.15, 0.2) is 6.20 Å². The van der Waals surface area contributed by atoms with Crippen LogP contribution in [0.3, 0.4) is 0 Å². The van der Waals surface area contributed by atoms with Crippen molar-refractivity contribution >= 4 is 0 Å². The molecule has 4 heteroatoms. The van der Waals surface area contributed by atoms with Crippen LogP contribution in [0.5, 0.6) is 0 Å². The number of nitrogens with one attached hydrogen (secondary N) is 2. The smallest absolute Gasteiger partial charge is 0.0535 e. The number of hydrogen-bond donors (Lipinski definition) is 3. The molecule has 0 unspecified atom stereocenters. The van der Waals surface area contributed by atoms with E-state index in [0.717, 1.165) is 18.8 Å². The summed E-state index contributed by atoms with van der Waals surface area (Å²) in [6.45, 7) is 7.86. The van der Waals surface area contributed by atoms with E-state index in [1.807, 2.05) is 27.0 Å². The Labute approximate surface area is 84.7 Å². The van der Waals surface area contributed by atoms with Crippen LogP contribution in [0, 0.1) is 12.3 Å². The van der Waals surface area contributed by atoms with Crippen molar-refractivity contribution < 1.29 is 5.11 Å². The average molecular weight is 197 g/mol. The summed E-state index contributed by atoms with van der Waals surface area (Å²) < 4.78 is 0. The zero-order valence-corrected chi connectivity index (χ0v) is 9.09.